The Bertz CT molecular complexity index is 1370. The first kappa shape index (κ1) is 18.8. The van der Waals surface area contributed by atoms with Crippen molar-refractivity contribution in [3.05, 3.63) is 90.6 Å². The number of anilines is 2. The molecular weight excluding hydrogens is 414 g/mol. The number of hydrogen-bond donors (Lipinski definition) is 2. The number of benzene rings is 2. The number of rotatable bonds is 5. The summed E-state index contributed by atoms with van der Waals surface area (Å²) in [6.45, 7) is 0. The highest BCUT2D eigenvalue weighted by atomic mass is 32.1. The number of hydrogen-bond acceptors (Lipinski definition) is 6. The molecule has 2 aromatic carbocycles. The Morgan fingerprint density at radius 3 is 2.48 bits per heavy atom. The number of thiazole rings is 1. The summed E-state index contributed by atoms with van der Waals surface area (Å²) in [5.41, 5.74) is 2.21. The molecule has 0 bridgehead atoms. The smallest absolute Gasteiger partial charge is 0.293 e. The minimum atomic E-state index is -0.371. The molecule has 0 atom stereocenters. The molecule has 0 fully saturated rings. The molecule has 8 heteroatoms. The molecule has 0 aliphatic heterocycles. The highest BCUT2D eigenvalue weighted by Gasteiger charge is 2.15. The van der Waals surface area contributed by atoms with E-state index in [1.807, 2.05) is 30.3 Å². The topological polar surface area (TPSA) is 97.4 Å². The molecule has 0 aliphatic carbocycles. The number of nitrogens with one attached hydrogen (secondary N) is 2. The van der Waals surface area contributed by atoms with Crippen molar-refractivity contribution in [2.75, 3.05) is 10.6 Å². The molecular formula is C23H15N3O4S. The molecule has 0 unspecified atom stereocenters. The molecule has 0 saturated carbocycles. The van der Waals surface area contributed by atoms with Gasteiger partial charge in [-0.05, 0) is 42.5 Å². The lowest BCUT2D eigenvalue weighted by atomic mass is 10.2. The van der Waals surface area contributed by atoms with E-state index in [0.717, 1.165) is 10.3 Å². The Hall–Kier alpha value is -4.17. The minimum Gasteiger partial charge on any atom is -0.459 e. The molecule has 2 amide bonds. The van der Waals surface area contributed by atoms with E-state index in [2.05, 4.69) is 15.6 Å². The number of amides is 2. The van der Waals surface area contributed by atoms with Gasteiger partial charge in [0, 0.05) is 11.3 Å². The van der Waals surface area contributed by atoms with Crippen LogP contribution in [0.3, 0.4) is 0 Å². The van der Waals surface area contributed by atoms with Gasteiger partial charge < -0.3 is 14.2 Å². The molecule has 3 aromatic heterocycles. The molecule has 152 valence electrons. The maximum absolute atomic E-state index is 12.6. The van der Waals surface area contributed by atoms with E-state index in [1.54, 1.807) is 42.5 Å². The van der Waals surface area contributed by atoms with Crippen molar-refractivity contribution in [1.82, 2.24) is 4.98 Å². The van der Waals surface area contributed by atoms with Gasteiger partial charge in [-0.25, -0.2) is 4.98 Å². The van der Waals surface area contributed by atoms with Crippen molar-refractivity contribution < 1.29 is 18.4 Å². The predicted octanol–water partition coefficient (Wildman–Crippen LogP) is 5.65. The third kappa shape index (κ3) is 3.96. The van der Waals surface area contributed by atoms with Gasteiger partial charge in [-0.3, -0.25) is 14.9 Å². The van der Waals surface area contributed by atoms with Crippen molar-refractivity contribution in [1.29, 1.82) is 0 Å². The summed E-state index contributed by atoms with van der Waals surface area (Å²) in [7, 11) is 0. The second-order valence-electron chi connectivity index (χ2n) is 6.62. The highest BCUT2D eigenvalue weighted by molar-refractivity contribution is 7.22. The average Bonchev–Trinajstić information content (AvgIpc) is 3.54. The van der Waals surface area contributed by atoms with E-state index < -0.39 is 0 Å². The Kier molecular flexibility index (Phi) is 4.81. The predicted molar refractivity (Wildman–Crippen MR) is 118 cm³/mol. The Labute approximate surface area is 180 Å². The maximum atomic E-state index is 12.6. The quantitative estimate of drug-likeness (QED) is 0.376. The molecule has 5 aromatic rings. The summed E-state index contributed by atoms with van der Waals surface area (Å²) in [5, 5.41) is 5.98. The van der Waals surface area contributed by atoms with Crippen molar-refractivity contribution in [2.24, 2.45) is 0 Å². The first-order valence-electron chi connectivity index (χ1n) is 9.38. The third-order valence-electron chi connectivity index (χ3n) is 4.50. The number of furan rings is 2. The molecule has 31 heavy (non-hydrogen) atoms. The Balaban J connectivity index is 1.31. The molecule has 0 saturated heterocycles. The fourth-order valence-electron chi connectivity index (χ4n) is 3.03. The normalized spacial score (nSPS) is 10.8. The number of carbonyl (C=O) groups is 2. The van der Waals surface area contributed by atoms with Gasteiger partial charge >= 0.3 is 0 Å². The molecule has 2 N–H and O–H groups in total. The Morgan fingerprint density at radius 2 is 1.68 bits per heavy atom. The largest absolute Gasteiger partial charge is 0.459 e. The number of aromatic nitrogens is 1. The van der Waals surface area contributed by atoms with Gasteiger partial charge in [0.25, 0.3) is 11.8 Å². The van der Waals surface area contributed by atoms with E-state index in [0.29, 0.717) is 22.1 Å². The zero-order chi connectivity index (χ0) is 21.2. The van der Waals surface area contributed by atoms with Crippen LogP contribution in [-0.4, -0.2) is 16.8 Å². The lowest BCUT2D eigenvalue weighted by Gasteiger charge is -2.03. The average molecular weight is 429 g/mol. The van der Waals surface area contributed by atoms with Crippen LogP contribution < -0.4 is 10.6 Å². The van der Waals surface area contributed by atoms with Crippen molar-refractivity contribution in [3.63, 3.8) is 0 Å². The van der Waals surface area contributed by atoms with Crippen molar-refractivity contribution >= 4 is 44.2 Å². The van der Waals surface area contributed by atoms with Gasteiger partial charge in [0.2, 0.25) is 0 Å². The fraction of sp³-hybridized carbons (Fsp3) is 0. The lowest BCUT2D eigenvalue weighted by Crippen LogP contribution is -2.10. The summed E-state index contributed by atoms with van der Waals surface area (Å²) >= 11 is 1.30. The number of fused-ring (bicyclic) bond motifs is 1. The van der Waals surface area contributed by atoms with Crippen molar-refractivity contribution in [3.8, 4) is 11.3 Å². The zero-order valence-corrected chi connectivity index (χ0v) is 16.8. The van der Waals surface area contributed by atoms with Crippen molar-refractivity contribution in [2.45, 2.75) is 0 Å². The van der Waals surface area contributed by atoms with Crippen LogP contribution >= 0.6 is 11.3 Å². The van der Waals surface area contributed by atoms with Gasteiger partial charge in [-0.15, -0.1) is 0 Å². The van der Waals surface area contributed by atoms with Gasteiger partial charge in [-0.2, -0.15) is 0 Å². The molecule has 0 aliphatic rings. The summed E-state index contributed by atoms with van der Waals surface area (Å²) in [6.07, 6.45) is 1.43. The van der Waals surface area contributed by atoms with E-state index >= 15 is 0 Å². The summed E-state index contributed by atoms with van der Waals surface area (Å²) in [4.78, 5) is 29.1. The summed E-state index contributed by atoms with van der Waals surface area (Å²) in [5.74, 6) is 0.331. The number of nitrogens with zero attached hydrogens (tertiary/aromatic N) is 1. The second kappa shape index (κ2) is 7.92. The monoisotopic (exact) mass is 429 g/mol. The van der Waals surface area contributed by atoms with E-state index in [1.165, 1.54) is 17.6 Å². The molecule has 5 rings (SSSR count). The maximum Gasteiger partial charge on any atom is 0.293 e. The van der Waals surface area contributed by atoms with Crippen LogP contribution in [-0.2, 0) is 0 Å². The molecule has 0 radical (unpaired) electrons. The second-order valence-corrected chi connectivity index (χ2v) is 7.65. The van der Waals surface area contributed by atoms with Gasteiger partial charge in [0.1, 0.15) is 5.76 Å². The third-order valence-corrected chi connectivity index (χ3v) is 5.43. The van der Waals surface area contributed by atoms with E-state index in [-0.39, 0.29) is 23.3 Å². The SMILES string of the molecule is O=C(Nc1nc2ccc(NC(=O)c3ccc(-c4ccccc4)o3)cc2s1)c1ccco1. The van der Waals surface area contributed by atoms with Gasteiger partial charge in [0.15, 0.2) is 16.7 Å². The van der Waals surface area contributed by atoms with E-state index in [4.69, 9.17) is 8.83 Å². The minimum absolute atomic E-state index is 0.209. The van der Waals surface area contributed by atoms with Crippen LogP contribution in [0.2, 0.25) is 0 Å². The van der Waals surface area contributed by atoms with Crippen LogP contribution in [0.25, 0.3) is 21.5 Å². The lowest BCUT2D eigenvalue weighted by molar-refractivity contribution is 0.0989. The summed E-state index contributed by atoms with van der Waals surface area (Å²) in [6, 6.07) is 21.5. The summed E-state index contributed by atoms with van der Waals surface area (Å²) < 4.78 is 11.6. The van der Waals surface area contributed by atoms with Crippen LogP contribution in [0.5, 0.6) is 0 Å². The van der Waals surface area contributed by atoms with Crippen LogP contribution in [0.1, 0.15) is 21.1 Å². The first-order chi connectivity index (χ1) is 15.2. The molecule has 0 spiro atoms. The van der Waals surface area contributed by atoms with Gasteiger partial charge in [-0.1, -0.05) is 41.7 Å². The van der Waals surface area contributed by atoms with Crippen LogP contribution in [0, 0.1) is 0 Å². The first-order valence-corrected chi connectivity index (χ1v) is 10.2. The fourth-order valence-corrected chi connectivity index (χ4v) is 3.93. The zero-order valence-electron chi connectivity index (χ0n) is 16.0. The molecule has 7 nitrogen and oxygen atoms in total. The standard InChI is InChI=1S/C23H15N3O4S/c27-21(18-7-4-12-29-18)26-23-25-16-9-8-15(13-20(16)31-23)24-22(28)19-11-10-17(30-19)14-5-2-1-3-6-14/h1-13H,(H,24,28)(H,25,26,27). The Morgan fingerprint density at radius 1 is 0.839 bits per heavy atom. The van der Waals surface area contributed by atoms with Crippen LogP contribution in [0.4, 0.5) is 10.8 Å². The van der Waals surface area contributed by atoms with Gasteiger partial charge in [0.05, 0.1) is 16.5 Å². The molecule has 3 heterocycles. The van der Waals surface area contributed by atoms with E-state index in [9.17, 15) is 9.59 Å². The van der Waals surface area contributed by atoms with Crippen LogP contribution in [0.15, 0.2) is 87.9 Å². The highest BCUT2D eigenvalue weighted by Crippen LogP contribution is 2.29. The number of carbonyl (C=O) groups excluding carboxylic acids is 2.